The third-order valence-electron chi connectivity index (χ3n) is 2.03. The molecule has 16 heavy (non-hydrogen) atoms. The molecule has 0 fully saturated rings. The second-order valence-electron chi connectivity index (χ2n) is 3.42. The van der Waals surface area contributed by atoms with E-state index in [1.54, 1.807) is 18.9 Å². The SMILES string of the molecule is COC(C)CSc1nc(C)c(CC(=O)O)s1. The molecule has 1 rings (SSSR count). The number of aliphatic carboxylic acids is 1. The number of carboxylic acids is 1. The molecule has 0 aliphatic heterocycles. The summed E-state index contributed by atoms with van der Waals surface area (Å²) in [6.45, 7) is 3.84. The summed E-state index contributed by atoms with van der Waals surface area (Å²) in [6.07, 6.45) is 0.237. The summed E-state index contributed by atoms with van der Waals surface area (Å²) in [5.41, 5.74) is 0.819. The normalized spacial score (nSPS) is 12.7. The lowest BCUT2D eigenvalue weighted by atomic mass is 10.3. The van der Waals surface area contributed by atoms with Crippen LogP contribution in [-0.4, -0.2) is 35.0 Å². The van der Waals surface area contributed by atoms with Gasteiger partial charge < -0.3 is 9.84 Å². The highest BCUT2D eigenvalue weighted by atomic mass is 32.2. The molecule has 1 N–H and O–H groups in total. The summed E-state index contributed by atoms with van der Waals surface area (Å²) in [4.78, 5) is 15.8. The summed E-state index contributed by atoms with van der Waals surface area (Å²) >= 11 is 3.06. The first kappa shape index (κ1) is 13.5. The third kappa shape index (κ3) is 4.11. The second-order valence-corrected chi connectivity index (χ2v) is 5.77. The fourth-order valence-electron chi connectivity index (χ4n) is 1.02. The molecule has 0 spiro atoms. The molecule has 1 aromatic rings. The minimum atomic E-state index is -0.812. The molecule has 0 aromatic carbocycles. The maximum absolute atomic E-state index is 10.6. The van der Waals surface area contributed by atoms with Crippen LogP contribution in [0.15, 0.2) is 4.34 Å². The zero-order valence-electron chi connectivity index (χ0n) is 9.52. The predicted molar refractivity (Wildman–Crippen MR) is 65.4 cm³/mol. The number of aromatic nitrogens is 1. The summed E-state index contributed by atoms with van der Waals surface area (Å²) < 4.78 is 6.05. The smallest absolute Gasteiger partial charge is 0.308 e. The van der Waals surface area contributed by atoms with Crippen molar-refractivity contribution in [3.05, 3.63) is 10.6 Å². The average Bonchev–Trinajstić information content (AvgIpc) is 2.55. The zero-order valence-corrected chi connectivity index (χ0v) is 11.2. The highest BCUT2D eigenvalue weighted by molar-refractivity contribution is 8.01. The van der Waals surface area contributed by atoms with Crippen LogP contribution >= 0.6 is 23.1 Å². The van der Waals surface area contributed by atoms with Gasteiger partial charge in [0.2, 0.25) is 0 Å². The molecule has 0 saturated carbocycles. The molecule has 1 unspecified atom stereocenters. The minimum absolute atomic E-state index is 0.0594. The molecule has 90 valence electrons. The van der Waals surface area contributed by atoms with Crippen LogP contribution in [0.25, 0.3) is 0 Å². The van der Waals surface area contributed by atoms with E-state index in [2.05, 4.69) is 4.98 Å². The van der Waals surface area contributed by atoms with Crippen LogP contribution in [0, 0.1) is 6.92 Å². The van der Waals surface area contributed by atoms with E-state index in [-0.39, 0.29) is 12.5 Å². The number of rotatable bonds is 6. The van der Waals surface area contributed by atoms with Crippen LogP contribution in [0.5, 0.6) is 0 Å². The number of carboxylic acid groups (broad SMARTS) is 1. The number of methoxy groups -OCH3 is 1. The van der Waals surface area contributed by atoms with E-state index in [0.29, 0.717) is 0 Å². The number of thioether (sulfide) groups is 1. The first-order valence-corrected chi connectivity index (χ1v) is 6.66. The van der Waals surface area contributed by atoms with Gasteiger partial charge in [0.25, 0.3) is 0 Å². The number of thiazole rings is 1. The quantitative estimate of drug-likeness (QED) is 0.796. The second kappa shape index (κ2) is 6.22. The Balaban J connectivity index is 2.58. The largest absolute Gasteiger partial charge is 0.481 e. The lowest BCUT2D eigenvalue weighted by Gasteiger charge is -2.05. The van der Waals surface area contributed by atoms with Gasteiger partial charge in [-0.25, -0.2) is 4.98 Å². The molecule has 0 bridgehead atoms. The Morgan fingerprint density at radius 1 is 1.69 bits per heavy atom. The minimum Gasteiger partial charge on any atom is -0.481 e. The van der Waals surface area contributed by atoms with Crippen molar-refractivity contribution in [1.82, 2.24) is 4.98 Å². The van der Waals surface area contributed by atoms with Crippen LogP contribution in [0.2, 0.25) is 0 Å². The first-order chi connectivity index (χ1) is 7.52. The Morgan fingerprint density at radius 3 is 2.94 bits per heavy atom. The lowest BCUT2D eigenvalue weighted by Crippen LogP contribution is -2.07. The monoisotopic (exact) mass is 261 g/mol. The Morgan fingerprint density at radius 2 is 2.38 bits per heavy atom. The van der Waals surface area contributed by atoms with E-state index in [4.69, 9.17) is 9.84 Å². The summed E-state index contributed by atoms with van der Waals surface area (Å²) in [5.74, 6) is 0.0178. The highest BCUT2D eigenvalue weighted by Crippen LogP contribution is 2.28. The molecule has 1 atom stereocenters. The number of nitrogens with zero attached hydrogens (tertiary/aromatic N) is 1. The molecule has 4 nitrogen and oxygen atoms in total. The van der Waals surface area contributed by atoms with E-state index in [0.717, 1.165) is 20.7 Å². The van der Waals surface area contributed by atoms with Gasteiger partial charge in [-0.05, 0) is 13.8 Å². The molecule has 1 aromatic heterocycles. The number of hydrogen-bond acceptors (Lipinski definition) is 5. The van der Waals surface area contributed by atoms with Crippen molar-refractivity contribution in [3.8, 4) is 0 Å². The number of hydrogen-bond donors (Lipinski definition) is 1. The molecule has 6 heteroatoms. The van der Waals surface area contributed by atoms with Gasteiger partial charge in [-0.1, -0.05) is 11.8 Å². The van der Waals surface area contributed by atoms with Crippen LogP contribution in [0.1, 0.15) is 17.5 Å². The van der Waals surface area contributed by atoms with E-state index in [1.165, 1.54) is 11.3 Å². The van der Waals surface area contributed by atoms with E-state index in [9.17, 15) is 4.79 Å². The zero-order chi connectivity index (χ0) is 12.1. The van der Waals surface area contributed by atoms with Crippen molar-refractivity contribution in [3.63, 3.8) is 0 Å². The molecule has 1 heterocycles. The van der Waals surface area contributed by atoms with Gasteiger partial charge in [0.15, 0.2) is 0 Å². The van der Waals surface area contributed by atoms with Crippen molar-refractivity contribution in [2.24, 2.45) is 0 Å². The number of aryl methyl sites for hydroxylation is 1. The predicted octanol–water partition coefficient (Wildman–Crippen LogP) is 2.21. The van der Waals surface area contributed by atoms with Crippen LogP contribution in [0.3, 0.4) is 0 Å². The van der Waals surface area contributed by atoms with Crippen molar-refractivity contribution in [1.29, 1.82) is 0 Å². The van der Waals surface area contributed by atoms with Crippen molar-refractivity contribution in [2.75, 3.05) is 12.9 Å². The van der Waals surface area contributed by atoms with E-state index >= 15 is 0 Å². The van der Waals surface area contributed by atoms with Crippen molar-refractivity contribution < 1.29 is 14.6 Å². The maximum Gasteiger partial charge on any atom is 0.308 e. The highest BCUT2D eigenvalue weighted by Gasteiger charge is 2.12. The number of ether oxygens (including phenoxy) is 1. The third-order valence-corrected chi connectivity index (χ3v) is 4.56. The van der Waals surface area contributed by atoms with Gasteiger partial charge in [-0.2, -0.15) is 0 Å². The maximum atomic E-state index is 10.6. The van der Waals surface area contributed by atoms with Gasteiger partial charge in [0.05, 0.1) is 18.2 Å². The molecule has 0 aliphatic rings. The first-order valence-electron chi connectivity index (χ1n) is 4.86. The molecular formula is C10H15NO3S2. The number of carbonyl (C=O) groups is 1. The molecular weight excluding hydrogens is 246 g/mol. The van der Waals surface area contributed by atoms with Gasteiger partial charge in [0.1, 0.15) is 4.34 Å². The molecule has 0 radical (unpaired) electrons. The van der Waals surface area contributed by atoms with Crippen LogP contribution < -0.4 is 0 Å². The standard InChI is InChI=1S/C10H15NO3S2/c1-6(14-3)5-15-10-11-7(2)8(16-10)4-9(12)13/h6H,4-5H2,1-3H3,(H,12,13). The van der Waals surface area contributed by atoms with Crippen LogP contribution in [0.4, 0.5) is 0 Å². The fourth-order valence-corrected chi connectivity index (χ4v) is 3.26. The van der Waals surface area contributed by atoms with Crippen molar-refractivity contribution in [2.45, 2.75) is 30.7 Å². The summed E-state index contributed by atoms with van der Waals surface area (Å²) in [7, 11) is 1.67. The lowest BCUT2D eigenvalue weighted by molar-refractivity contribution is -0.136. The van der Waals surface area contributed by atoms with Gasteiger partial charge in [-0.3, -0.25) is 4.79 Å². The van der Waals surface area contributed by atoms with Crippen molar-refractivity contribution >= 4 is 29.1 Å². The summed E-state index contributed by atoms with van der Waals surface area (Å²) in [5, 5.41) is 8.71. The van der Waals surface area contributed by atoms with Gasteiger partial charge in [0, 0.05) is 17.7 Å². The molecule has 0 aliphatic carbocycles. The molecule has 0 amide bonds. The van der Waals surface area contributed by atoms with Gasteiger partial charge >= 0.3 is 5.97 Å². The Bertz CT molecular complexity index is 365. The molecule has 0 saturated heterocycles. The summed E-state index contributed by atoms with van der Waals surface area (Å²) in [6, 6.07) is 0. The van der Waals surface area contributed by atoms with E-state index in [1.807, 2.05) is 13.8 Å². The Hall–Kier alpha value is -0.590. The Labute approximate surface area is 103 Å². The topological polar surface area (TPSA) is 59.4 Å². The fraction of sp³-hybridized carbons (Fsp3) is 0.600. The van der Waals surface area contributed by atoms with E-state index < -0.39 is 5.97 Å². The Kier molecular flexibility index (Phi) is 5.24. The van der Waals surface area contributed by atoms with Gasteiger partial charge in [-0.15, -0.1) is 11.3 Å². The average molecular weight is 261 g/mol. The van der Waals surface area contributed by atoms with Crippen LogP contribution in [-0.2, 0) is 16.0 Å².